The molecule has 0 saturated carbocycles. The highest BCUT2D eigenvalue weighted by Gasteiger charge is 2.35. The summed E-state index contributed by atoms with van der Waals surface area (Å²) >= 11 is 0. The van der Waals surface area contributed by atoms with Gasteiger partial charge in [0.1, 0.15) is 24.9 Å². The van der Waals surface area contributed by atoms with Gasteiger partial charge in [0.2, 0.25) is 0 Å². The first-order chi connectivity index (χ1) is 14.3. The summed E-state index contributed by atoms with van der Waals surface area (Å²) in [4.78, 5) is 30.2. The van der Waals surface area contributed by atoms with Crippen LogP contribution in [0.4, 0.5) is 15.3 Å². The first-order valence-corrected chi connectivity index (χ1v) is 10.4. The maximum absolute atomic E-state index is 12.4. The minimum atomic E-state index is -0.496. The second kappa shape index (κ2) is 8.22. The van der Waals surface area contributed by atoms with Gasteiger partial charge in [-0.1, -0.05) is 0 Å². The molecule has 0 bridgehead atoms. The molecule has 0 N–H and O–H groups in total. The number of piperazine rings is 1. The highest BCUT2D eigenvalue weighted by molar-refractivity contribution is 5.90. The number of hydrogen-bond acceptors (Lipinski definition) is 7. The zero-order valence-electron chi connectivity index (χ0n) is 17.8. The Morgan fingerprint density at radius 1 is 1.10 bits per heavy atom. The van der Waals surface area contributed by atoms with Gasteiger partial charge in [0, 0.05) is 38.8 Å². The molecule has 0 spiro atoms. The van der Waals surface area contributed by atoms with Gasteiger partial charge in [-0.15, -0.1) is 0 Å². The summed E-state index contributed by atoms with van der Waals surface area (Å²) in [5.41, 5.74) is 0.241. The van der Waals surface area contributed by atoms with Crippen molar-refractivity contribution in [3.63, 3.8) is 0 Å². The Labute approximate surface area is 176 Å². The van der Waals surface area contributed by atoms with E-state index >= 15 is 0 Å². The quantitative estimate of drug-likeness (QED) is 0.744. The Bertz CT molecular complexity index is 800. The fraction of sp³-hybridized carbons (Fsp3) is 0.619. The largest absolute Gasteiger partial charge is 0.486 e. The summed E-state index contributed by atoms with van der Waals surface area (Å²) in [7, 11) is 0. The Balaban J connectivity index is 1.29. The SMILES string of the molecule is CC(C)(C)OC(=O)N1CCN(CC2CN(c3ccc4c(c3)OCCO4)C(=O)O2)CC1. The molecular weight excluding hydrogens is 390 g/mol. The maximum atomic E-state index is 12.4. The van der Waals surface area contributed by atoms with Crippen LogP contribution in [-0.4, -0.2) is 86.2 Å². The Morgan fingerprint density at radius 2 is 1.80 bits per heavy atom. The fourth-order valence-electron chi connectivity index (χ4n) is 3.75. The fourth-order valence-corrected chi connectivity index (χ4v) is 3.75. The summed E-state index contributed by atoms with van der Waals surface area (Å²) in [6.45, 7) is 10.4. The van der Waals surface area contributed by atoms with E-state index in [9.17, 15) is 9.59 Å². The highest BCUT2D eigenvalue weighted by atomic mass is 16.6. The van der Waals surface area contributed by atoms with Gasteiger partial charge in [0.05, 0.1) is 12.2 Å². The second-order valence-electron chi connectivity index (χ2n) is 8.71. The van der Waals surface area contributed by atoms with Crippen LogP contribution in [0.15, 0.2) is 18.2 Å². The predicted molar refractivity (Wildman–Crippen MR) is 109 cm³/mol. The van der Waals surface area contributed by atoms with Gasteiger partial charge in [-0.25, -0.2) is 9.59 Å². The number of carbonyl (C=O) groups is 2. The molecule has 3 aliphatic rings. The number of rotatable bonds is 3. The molecule has 1 atom stereocenters. The van der Waals surface area contributed by atoms with Gasteiger partial charge in [-0.2, -0.15) is 0 Å². The van der Waals surface area contributed by atoms with Gasteiger partial charge in [-0.05, 0) is 32.9 Å². The third-order valence-corrected chi connectivity index (χ3v) is 5.20. The third-order valence-electron chi connectivity index (χ3n) is 5.20. The van der Waals surface area contributed by atoms with Crippen molar-refractivity contribution in [3.05, 3.63) is 18.2 Å². The molecule has 2 saturated heterocycles. The molecule has 30 heavy (non-hydrogen) atoms. The molecule has 2 amide bonds. The van der Waals surface area contributed by atoms with E-state index in [0.717, 1.165) is 18.8 Å². The molecule has 3 heterocycles. The summed E-state index contributed by atoms with van der Waals surface area (Å²) in [5.74, 6) is 1.34. The van der Waals surface area contributed by atoms with Gasteiger partial charge in [-0.3, -0.25) is 9.80 Å². The van der Waals surface area contributed by atoms with Gasteiger partial charge >= 0.3 is 12.2 Å². The Hall–Kier alpha value is -2.68. The van der Waals surface area contributed by atoms with E-state index < -0.39 is 5.60 Å². The number of cyclic esters (lactones) is 1. The number of fused-ring (bicyclic) bond motifs is 1. The average molecular weight is 419 g/mol. The lowest BCUT2D eigenvalue weighted by atomic mass is 10.2. The number of hydrogen-bond donors (Lipinski definition) is 0. The van der Waals surface area contributed by atoms with Crippen LogP contribution in [-0.2, 0) is 9.47 Å². The molecule has 0 aromatic heterocycles. The molecule has 0 aliphatic carbocycles. The molecule has 1 aromatic rings. The molecule has 9 heteroatoms. The number of ether oxygens (including phenoxy) is 4. The van der Waals surface area contributed by atoms with Crippen molar-refractivity contribution in [3.8, 4) is 11.5 Å². The zero-order valence-corrected chi connectivity index (χ0v) is 17.8. The first kappa shape index (κ1) is 20.6. The van der Waals surface area contributed by atoms with Gasteiger partial charge in [0.25, 0.3) is 0 Å². The standard InChI is InChI=1S/C21H29N3O6/c1-21(2,3)30-19(25)23-8-6-22(7-9-23)13-16-14-24(20(26)29-16)15-4-5-17-18(12-15)28-11-10-27-17/h4-5,12,16H,6-11,13-14H2,1-3H3. The lowest BCUT2D eigenvalue weighted by molar-refractivity contribution is 0.0113. The van der Waals surface area contributed by atoms with Crippen LogP contribution in [0.2, 0.25) is 0 Å². The third kappa shape index (κ3) is 4.72. The molecule has 164 valence electrons. The van der Waals surface area contributed by atoms with E-state index in [1.54, 1.807) is 9.80 Å². The number of anilines is 1. The van der Waals surface area contributed by atoms with Crippen LogP contribution in [0.3, 0.4) is 0 Å². The topological polar surface area (TPSA) is 80.8 Å². The summed E-state index contributed by atoms with van der Waals surface area (Å²) in [6.07, 6.45) is -0.859. The number of amides is 2. The molecule has 1 unspecified atom stereocenters. The average Bonchev–Trinajstić information content (AvgIpc) is 3.07. The maximum Gasteiger partial charge on any atom is 0.414 e. The van der Waals surface area contributed by atoms with Crippen LogP contribution >= 0.6 is 0 Å². The molecule has 2 fully saturated rings. The van der Waals surface area contributed by atoms with E-state index in [-0.39, 0.29) is 18.3 Å². The number of nitrogens with zero attached hydrogens (tertiary/aromatic N) is 3. The van der Waals surface area contributed by atoms with Crippen molar-refractivity contribution in [2.75, 3.05) is 57.4 Å². The van der Waals surface area contributed by atoms with Crippen LogP contribution in [0.1, 0.15) is 20.8 Å². The molecule has 1 aromatic carbocycles. The van der Waals surface area contributed by atoms with Crippen LogP contribution in [0.25, 0.3) is 0 Å². The minimum Gasteiger partial charge on any atom is -0.486 e. The smallest absolute Gasteiger partial charge is 0.414 e. The summed E-state index contributed by atoms with van der Waals surface area (Å²) in [5, 5.41) is 0. The second-order valence-corrected chi connectivity index (χ2v) is 8.71. The first-order valence-electron chi connectivity index (χ1n) is 10.4. The molecule has 0 radical (unpaired) electrons. The lowest BCUT2D eigenvalue weighted by Gasteiger charge is -2.36. The van der Waals surface area contributed by atoms with Crippen LogP contribution in [0.5, 0.6) is 11.5 Å². The van der Waals surface area contributed by atoms with E-state index in [2.05, 4.69) is 4.90 Å². The van der Waals surface area contributed by atoms with Crippen molar-refractivity contribution in [2.45, 2.75) is 32.5 Å². The van der Waals surface area contributed by atoms with Crippen molar-refractivity contribution < 1.29 is 28.5 Å². The van der Waals surface area contributed by atoms with Gasteiger partial charge < -0.3 is 23.8 Å². The van der Waals surface area contributed by atoms with Crippen molar-refractivity contribution >= 4 is 17.9 Å². The molecule has 4 rings (SSSR count). The summed E-state index contributed by atoms with van der Waals surface area (Å²) in [6, 6.07) is 5.48. The van der Waals surface area contributed by atoms with Crippen molar-refractivity contribution in [2.24, 2.45) is 0 Å². The van der Waals surface area contributed by atoms with Crippen LogP contribution < -0.4 is 14.4 Å². The van der Waals surface area contributed by atoms with E-state index in [1.807, 2.05) is 39.0 Å². The normalized spacial score (nSPS) is 22.1. The van der Waals surface area contributed by atoms with E-state index in [1.165, 1.54) is 0 Å². The van der Waals surface area contributed by atoms with E-state index in [4.69, 9.17) is 18.9 Å². The number of carbonyl (C=O) groups excluding carboxylic acids is 2. The lowest BCUT2D eigenvalue weighted by Crippen LogP contribution is -2.51. The minimum absolute atomic E-state index is 0.223. The van der Waals surface area contributed by atoms with E-state index in [0.29, 0.717) is 50.9 Å². The molecular formula is C21H29N3O6. The predicted octanol–water partition coefficient (Wildman–Crippen LogP) is 2.34. The van der Waals surface area contributed by atoms with Crippen molar-refractivity contribution in [1.29, 1.82) is 0 Å². The monoisotopic (exact) mass is 419 g/mol. The summed E-state index contributed by atoms with van der Waals surface area (Å²) < 4.78 is 22.2. The Morgan fingerprint density at radius 3 is 2.50 bits per heavy atom. The number of benzene rings is 1. The molecule has 3 aliphatic heterocycles. The Kier molecular flexibility index (Phi) is 5.64. The zero-order chi connectivity index (χ0) is 21.3. The van der Waals surface area contributed by atoms with Crippen LogP contribution in [0, 0.1) is 0 Å². The molecule has 9 nitrogen and oxygen atoms in total. The van der Waals surface area contributed by atoms with Gasteiger partial charge in [0.15, 0.2) is 11.5 Å². The van der Waals surface area contributed by atoms with Crippen molar-refractivity contribution in [1.82, 2.24) is 9.80 Å². The highest BCUT2D eigenvalue weighted by Crippen LogP contribution is 2.35.